The molecule has 5 heteroatoms. The van der Waals surface area contributed by atoms with Crippen LogP contribution in [0.1, 0.15) is 23.1 Å². The molecule has 1 N–H and O–H groups in total. The van der Waals surface area contributed by atoms with Crippen molar-refractivity contribution in [2.45, 2.75) is 13.3 Å². The first-order valence-electron chi connectivity index (χ1n) is 5.47. The number of rotatable bonds is 3. The molecule has 0 unspecified atom stereocenters. The molecule has 0 bridgehead atoms. The van der Waals surface area contributed by atoms with Crippen molar-refractivity contribution in [1.29, 1.82) is 0 Å². The number of benzene rings is 1. The van der Waals surface area contributed by atoms with Gasteiger partial charge in [-0.25, -0.2) is 19.2 Å². The van der Waals surface area contributed by atoms with E-state index in [1.807, 2.05) is 6.92 Å². The third-order valence-corrected chi connectivity index (χ3v) is 2.50. The number of hydrogen-bond acceptors (Lipinski definition) is 3. The minimum Gasteiger partial charge on any atom is -0.478 e. The predicted octanol–water partition coefficient (Wildman–Crippen LogP) is 2.54. The predicted molar refractivity (Wildman–Crippen MR) is 63.8 cm³/mol. The van der Waals surface area contributed by atoms with Crippen molar-refractivity contribution < 1.29 is 14.3 Å². The highest BCUT2D eigenvalue weighted by atomic mass is 19.1. The Hall–Kier alpha value is -2.30. The Kier molecular flexibility index (Phi) is 3.32. The van der Waals surface area contributed by atoms with Crippen LogP contribution in [0.3, 0.4) is 0 Å². The molecule has 1 aromatic carbocycles. The minimum atomic E-state index is -1.10. The zero-order chi connectivity index (χ0) is 13.1. The molecule has 0 radical (unpaired) electrons. The fourth-order valence-corrected chi connectivity index (χ4v) is 1.57. The number of aryl methyl sites for hydroxylation is 1. The lowest BCUT2D eigenvalue weighted by atomic mass is 10.1. The lowest BCUT2D eigenvalue weighted by Crippen LogP contribution is -2.05. The molecule has 92 valence electrons. The summed E-state index contributed by atoms with van der Waals surface area (Å²) in [5.41, 5.74) is 0.888. The van der Waals surface area contributed by atoms with Gasteiger partial charge in [-0.1, -0.05) is 6.92 Å². The first kappa shape index (κ1) is 12.2. The van der Waals surface area contributed by atoms with Gasteiger partial charge >= 0.3 is 5.97 Å². The number of nitrogens with zero attached hydrogens (tertiary/aromatic N) is 2. The molecule has 0 fully saturated rings. The first-order chi connectivity index (χ1) is 8.61. The maximum Gasteiger partial charge on any atom is 0.339 e. The summed E-state index contributed by atoms with van der Waals surface area (Å²) < 4.78 is 12.9. The van der Waals surface area contributed by atoms with Crippen LogP contribution in [0.25, 0.3) is 11.3 Å². The number of halogens is 1. The second-order valence-electron chi connectivity index (χ2n) is 3.71. The highest BCUT2D eigenvalue weighted by Crippen LogP contribution is 2.21. The van der Waals surface area contributed by atoms with Gasteiger partial charge in [-0.15, -0.1) is 0 Å². The first-order valence-corrected chi connectivity index (χ1v) is 5.47. The topological polar surface area (TPSA) is 63.1 Å². The van der Waals surface area contributed by atoms with Crippen LogP contribution in [0, 0.1) is 5.82 Å². The Balaban J connectivity index is 2.59. The van der Waals surface area contributed by atoms with Gasteiger partial charge < -0.3 is 5.11 Å². The number of aromatic carboxylic acids is 1. The molecule has 2 aromatic rings. The van der Waals surface area contributed by atoms with Gasteiger partial charge in [0.25, 0.3) is 0 Å². The van der Waals surface area contributed by atoms with Gasteiger partial charge in [-0.3, -0.25) is 0 Å². The molecule has 2 rings (SSSR count). The summed E-state index contributed by atoms with van der Waals surface area (Å²) in [4.78, 5) is 19.3. The van der Waals surface area contributed by atoms with Crippen LogP contribution < -0.4 is 0 Å². The van der Waals surface area contributed by atoms with Crippen molar-refractivity contribution in [2.75, 3.05) is 0 Å². The van der Waals surface area contributed by atoms with Gasteiger partial charge in [-0.05, 0) is 24.3 Å². The van der Waals surface area contributed by atoms with Crippen LogP contribution in [0.15, 0.2) is 30.5 Å². The van der Waals surface area contributed by atoms with Crippen LogP contribution in [0.2, 0.25) is 0 Å². The van der Waals surface area contributed by atoms with Gasteiger partial charge in [0.2, 0.25) is 0 Å². The molecule has 18 heavy (non-hydrogen) atoms. The molecule has 0 aliphatic heterocycles. The highest BCUT2D eigenvalue weighted by molar-refractivity contribution is 5.94. The monoisotopic (exact) mass is 246 g/mol. The molecule has 4 nitrogen and oxygen atoms in total. The molecule has 1 aromatic heterocycles. The van der Waals surface area contributed by atoms with E-state index in [1.165, 1.54) is 30.5 Å². The van der Waals surface area contributed by atoms with Gasteiger partial charge in [0.05, 0.1) is 5.69 Å². The number of hydrogen-bond donors (Lipinski definition) is 1. The van der Waals surface area contributed by atoms with E-state index in [4.69, 9.17) is 5.11 Å². The van der Waals surface area contributed by atoms with Crippen LogP contribution in [0.4, 0.5) is 4.39 Å². The molecule has 0 spiro atoms. The summed E-state index contributed by atoms with van der Waals surface area (Å²) in [6.45, 7) is 1.88. The third-order valence-electron chi connectivity index (χ3n) is 2.50. The van der Waals surface area contributed by atoms with E-state index in [-0.39, 0.29) is 11.4 Å². The van der Waals surface area contributed by atoms with Gasteiger partial charge in [0.15, 0.2) is 0 Å². The lowest BCUT2D eigenvalue weighted by Gasteiger charge is -2.06. The third kappa shape index (κ3) is 2.34. The molecule has 0 aliphatic carbocycles. The minimum absolute atomic E-state index is 0.0128. The summed E-state index contributed by atoms with van der Waals surface area (Å²) in [7, 11) is 0. The highest BCUT2D eigenvalue weighted by Gasteiger charge is 2.14. The zero-order valence-electron chi connectivity index (χ0n) is 9.72. The summed E-state index contributed by atoms with van der Waals surface area (Å²) >= 11 is 0. The standard InChI is InChI=1S/C13H11FN2O2/c1-2-11-15-7-10(13(17)18)12(16-11)8-3-5-9(14)6-4-8/h3-7H,2H2,1H3,(H,17,18). The van der Waals surface area contributed by atoms with Crippen molar-refractivity contribution >= 4 is 5.97 Å². The maximum absolute atomic E-state index is 12.9. The van der Waals surface area contributed by atoms with E-state index >= 15 is 0 Å². The fraction of sp³-hybridized carbons (Fsp3) is 0.154. The average Bonchev–Trinajstić information content (AvgIpc) is 2.38. The smallest absolute Gasteiger partial charge is 0.339 e. The number of carbonyl (C=O) groups is 1. The Morgan fingerprint density at radius 1 is 1.33 bits per heavy atom. The summed E-state index contributed by atoms with van der Waals surface area (Å²) in [6, 6.07) is 5.55. The van der Waals surface area contributed by atoms with Gasteiger partial charge in [-0.2, -0.15) is 0 Å². The normalized spacial score (nSPS) is 10.3. The Morgan fingerprint density at radius 3 is 2.56 bits per heavy atom. The van der Waals surface area contributed by atoms with Gasteiger partial charge in [0.1, 0.15) is 17.2 Å². The Bertz CT molecular complexity index is 582. The number of carboxylic acids is 1. The molecular formula is C13H11FN2O2. The van der Waals surface area contributed by atoms with E-state index in [0.717, 1.165) is 0 Å². The second-order valence-corrected chi connectivity index (χ2v) is 3.71. The largest absolute Gasteiger partial charge is 0.478 e. The lowest BCUT2D eigenvalue weighted by molar-refractivity contribution is 0.0697. The van der Waals surface area contributed by atoms with E-state index in [2.05, 4.69) is 9.97 Å². The fourth-order valence-electron chi connectivity index (χ4n) is 1.57. The Morgan fingerprint density at radius 2 is 2.00 bits per heavy atom. The molecule has 1 heterocycles. The van der Waals surface area contributed by atoms with Crippen LogP contribution in [0.5, 0.6) is 0 Å². The summed E-state index contributed by atoms with van der Waals surface area (Å²) in [5, 5.41) is 9.09. The van der Waals surface area contributed by atoms with Crippen molar-refractivity contribution in [1.82, 2.24) is 9.97 Å². The molecule has 0 amide bonds. The SMILES string of the molecule is CCc1ncc(C(=O)O)c(-c2ccc(F)cc2)n1. The van der Waals surface area contributed by atoms with E-state index in [0.29, 0.717) is 23.5 Å². The number of aromatic nitrogens is 2. The van der Waals surface area contributed by atoms with Crippen LogP contribution in [-0.2, 0) is 6.42 Å². The quantitative estimate of drug-likeness (QED) is 0.903. The van der Waals surface area contributed by atoms with Crippen molar-refractivity contribution in [3.05, 3.63) is 47.7 Å². The van der Waals surface area contributed by atoms with Crippen molar-refractivity contribution in [3.63, 3.8) is 0 Å². The molecule has 0 aliphatic rings. The maximum atomic E-state index is 12.9. The van der Waals surface area contributed by atoms with Gasteiger partial charge in [0, 0.05) is 18.2 Å². The molecule has 0 saturated carbocycles. The van der Waals surface area contributed by atoms with E-state index in [9.17, 15) is 9.18 Å². The summed E-state index contributed by atoms with van der Waals surface area (Å²) in [5.74, 6) is -0.920. The van der Waals surface area contributed by atoms with Crippen LogP contribution in [-0.4, -0.2) is 21.0 Å². The average molecular weight is 246 g/mol. The van der Waals surface area contributed by atoms with E-state index in [1.54, 1.807) is 0 Å². The molecular weight excluding hydrogens is 235 g/mol. The summed E-state index contributed by atoms with van der Waals surface area (Å²) in [6.07, 6.45) is 1.89. The van der Waals surface area contributed by atoms with Crippen LogP contribution >= 0.6 is 0 Å². The molecule has 0 atom stereocenters. The number of carboxylic acid groups (broad SMARTS) is 1. The zero-order valence-corrected chi connectivity index (χ0v) is 9.72. The van der Waals surface area contributed by atoms with E-state index < -0.39 is 5.97 Å². The molecule has 0 saturated heterocycles. The van der Waals surface area contributed by atoms with Crippen molar-refractivity contribution in [3.8, 4) is 11.3 Å². The Labute approximate surface area is 103 Å². The van der Waals surface area contributed by atoms with Crippen molar-refractivity contribution in [2.24, 2.45) is 0 Å². The second kappa shape index (κ2) is 4.91.